The first-order chi connectivity index (χ1) is 14.3. The van der Waals surface area contributed by atoms with E-state index in [0.717, 1.165) is 62.1 Å². The molecule has 0 radical (unpaired) electrons. The van der Waals surface area contributed by atoms with Crippen LogP contribution in [-0.4, -0.2) is 54.0 Å². The van der Waals surface area contributed by atoms with Crippen LogP contribution in [0.5, 0.6) is 0 Å². The fourth-order valence-corrected chi connectivity index (χ4v) is 5.01. The summed E-state index contributed by atoms with van der Waals surface area (Å²) in [5, 5.41) is 19.2. The molecule has 9 heteroatoms. The Morgan fingerprint density at radius 1 is 1.03 bits per heavy atom. The lowest BCUT2D eigenvalue weighted by Gasteiger charge is -2.31. The normalized spacial score (nSPS) is 22.6. The van der Waals surface area contributed by atoms with Crippen molar-refractivity contribution in [1.29, 1.82) is 0 Å². The maximum atomic E-state index is 12.7. The molecule has 2 fully saturated rings. The minimum absolute atomic E-state index is 0.0342. The van der Waals surface area contributed by atoms with Crippen molar-refractivity contribution in [3.63, 3.8) is 0 Å². The molecule has 29 heavy (non-hydrogen) atoms. The van der Waals surface area contributed by atoms with Crippen LogP contribution in [0.1, 0.15) is 86.5 Å². The second-order valence-corrected chi connectivity index (χ2v) is 8.65. The third-order valence-electron chi connectivity index (χ3n) is 6.67. The second-order valence-electron chi connectivity index (χ2n) is 8.65. The molecule has 1 saturated heterocycles. The molecule has 2 amide bonds. The summed E-state index contributed by atoms with van der Waals surface area (Å²) >= 11 is 0. The minimum Gasteiger partial charge on any atom is -0.331 e. The quantitative estimate of drug-likeness (QED) is 0.823. The average molecular weight is 399 g/mol. The SMILES string of the molecule is O=C(NCc1nnc2n1CCC2)N1CCCC(c2n[nH]c(C3CCCCC3)n2)C1. The Labute approximate surface area is 170 Å². The molecule has 2 aliphatic heterocycles. The maximum Gasteiger partial charge on any atom is 0.317 e. The molecule has 1 saturated carbocycles. The van der Waals surface area contributed by atoms with E-state index < -0.39 is 0 Å². The molecule has 3 aliphatic rings. The van der Waals surface area contributed by atoms with Crippen molar-refractivity contribution in [3.05, 3.63) is 23.3 Å². The summed E-state index contributed by atoms with van der Waals surface area (Å²) in [6.07, 6.45) is 10.4. The van der Waals surface area contributed by atoms with Gasteiger partial charge in [-0.15, -0.1) is 10.2 Å². The predicted octanol–water partition coefficient (Wildman–Crippen LogP) is 2.48. The van der Waals surface area contributed by atoms with E-state index in [-0.39, 0.29) is 11.9 Å². The number of aromatic amines is 1. The molecule has 2 aromatic heterocycles. The maximum absolute atomic E-state index is 12.7. The van der Waals surface area contributed by atoms with Crippen LogP contribution >= 0.6 is 0 Å². The fraction of sp³-hybridized carbons (Fsp3) is 0.750. The number of urea groups is 1. The number of likely N-dealkylation sites (tertiary alicyclic amines) is 1. The number of piperidine rings is 1. The van der Waals surface area contributed by atoms with Gasteiger partial charge in [0, 0.05) is 37.9 Å². The molecule has 156 valence electrons. The zero-order valence-electron chi connectivity index (χ0n) is 16.9. The van der Waals surface area contributed by atoms with Crippen molar-refractivity contribution in [3.8, 4) is 0 Å². The Morgan fingerprint density at radius 3 is 2.79 bits per heavy atom. The van der Waals surface area contributed by atoms with Crippen LogP contribution in [-0.2, 0) is 19.5 Å². The summed E-state index contributed by atoms with van der Waals surface area (Å²) in [6, 6.07) is -0.0342. The highest BCUT2D eigenvalue weighted by Gasteiger charge is 2.29. The van der Waals surface area contributed by atoms with Crippen molar-refractivity contribution in [1.82, 2.24) is 40.2 Å². The summed E-state index contributed by atoms with van der Waals surface area (Å²) in [4.78, 5) is 19.5. The largest absolute Gasteiger partial charge is 0.331 e. The van der Waals surface area contributed by atoms with Gasteiger partial charge in [0.2, 0.25) is 0 Å². The number of amides is 2. The number of aromatic nitrogens is 6. The van der Waals surface area contributed by atoms with E-state index in [2.05, 4.69) is 30.3 Å². The van der Waals surface area contributed by atoms with Gasteiger partial charge in [0.1, 0.15) is 11.6 Å². The van der Waals surface area contributed by atoms with E-state index >= 15 is 0 Å². The molecule has 1 aliphatic carbocycles. The van der Waals surface area contributed by atoms with E-state index in [1.54, 1.807) is 0 Å². The molecule has 5 rings (SSSR count). The van der Waals surface area contributed by atoms with Crippen LogP contribution in [0.15, 0.2) is 0 Å². The Bertz CT molecular complexity index is 853. The first-order valence-corrected chi connectivity index (χ1v) is 11.1. The number of aryl methyl sites for hydroxylation is 1. The van der Waals surface area contributed by atoms with E-state index in [0.29, 0.717) is 19.0 Å². The number of fused-ring (bicyclic) bond motifs is 1. The van der Waals surface area contributed by atoms with E-state index in [9.17, 15) is 4.79 Å². The van der Waals surface area contributed by atoms with E-state index in [4.69, 9.17) is 4.98 Å². The molecule has 4 heterocycles. The smallest absolute Gasteiger partial charge is 0.317 e. The lowest BCUT2D eigenvalue weighted by molar-refractivity contribution is 0.177. The first-order valence-electron chi connectivity index (χ1n) is 11.1. The number of nitrogens with zero attached hydrogens (tertiary/aromatic N) is 6. The highest BCUT2D eigenvalue weighted by atomic mass is 16.2. The van der Waals surface area contributed by atoms with Gasteiger partial charge >= 0.3 is 6.03 Å². The standard InChI is InChI=1S/C20H30N8O/c29-20(21-12-17-24-23-16-9-5-11-28(16)17)27-10-4-8-15(13-27)19-22-18(25-26-19)14-6-2-1-3-7-14/h14-15H,1-13H2,(H,21,29)(H,22,25,26). The third kappa shape index (κ3) is 3.86. The Kier molecular flexibility index (Phi) is 5.20. The fourth-order valence-electron chi connectivity index (χ4n) is 5.01. The summed E-state index contributed by atoms with van der Waals surface area (Å²) in [6.45, 7) is 2.83. The van der Waals surface area contributed by atoms with Gasteiger partial charge in [-0.2, -0.15) is 5.10 Å². The predicted molar refractivity (Wildman–Crippen MR) is 106 cm³/mol. The van der Waals surface area contributed by atoms with Crippen LogP contribution in [0.3, 0.4) is 0 Å². The van der Waals surface area contributed by atoms with Gasteiger partial charge < -0.3 is 14.8 Å². The van der Waals surface area contributed by atoms with Crippen LogP contribution in [0.25, 0.3) is 0 Å². The zero-order chi connectivity index (χ0) is 19.6. The number of H-pyrrole nitrogens is 1. The highest BCUT2D eigenvalue weighted by molar-refractivity contribution is 5.74. The van der Waals surface area contributed by atoms with Gasteiger partial charge in [-0.05, 0) is 32.1 Å². The summed E-state index contributed by atoms with van der Waals surface area (Å²) in [5.41, 5.74) is 0. The van der Waals surface area contributed by atoms with Gasteiger partial charge in [-0.25, -0.2) is 9.78 Å². The lowest BCUT2D eigenvalue weighted by Crippen LogP contribution is -2.45. The van der Waals surface area contributed by atoms with Crippen LogP contribution in [0.4, 0.5) is 4.79 Å². The Hall–Kier alpha value is -2.45. The van der Waals surface area contributed by atoms with Crippen LogP contribution in [0, 0.1) is 0 Å². The molecule has 2 aromatic rings. The number of nitrogens with one attached hydrogen (secondary N) is 2. The molecular weight excluding hydrogens is 368 g/mol. The number of carbonyl (C=O) groups is 1. The number of rotatable bonds is 4. The number of hydrogen-bond donors (Lipinski definition) is 2. The van der Waals surface area contributed by atoms with Crippen molar-refractivity contribution >= 4 is 6.03 Å². The Balaban J connectivity index is 1.18. The van der Waals surface area contributed by atoms with Gasteiger partial charge in [-0.1, -0.05) is 19.3 Å². The summed E-state index contributed by atoms with van der Waals surface area (Å²) < 4.78 is 2.12. The number of hydrogen-bond acceptors (Lipinski definition) is 5. The minimum atomic E-state index is -0.0342. The highest BCUT2D eigenvalue weighted by Crippen LogP contribution is 2.32. The van der Waals surface area contributed by atoms with Gasteiger partial charge in [0.05, 0.1) is 6.54 Å². The molecule has 1 atom stereocenters. The van der Waals surface area contributed by atoms with Gasteiger partial charge in [0.25, 0.3) is 0 Å². The lowest BCUT2D eigenvalue weighted by atomic mass is 9.89. The molecule has 0 spiro atoms. The first kappa shape index (κ1) is 18.6. The van der Waals surface area contributed by atoms with E-state index in [1.807, 2.05) is 4.90 Å². The van der Waals surface area contributed by atoms with Crippen LogP contribution < -0.4 is 5.32 Å². The monoisotopic (exact) mass is 398 g/mol. The number of carbonyl (C=O) groups excluding carboxylic acids is 1. The van der Waals surface area contributed by atoms with Crippen molar-refractivity contribution in [2.75, 3.05) is 13.1 Å². The molecule has 1 unspecified atom stereocenters. The second kappa shape index (κ2) is 8.12. The van der Waals surface area contributed by atoms with E-state index in [1.165, 1.54) is 32.1 Å². The zero-order valence-corrected chi connectivity index (χ0v) is 16.9. The van der Waals surface area contributed by atoms with Gasteiger partial charge in [0.15, 0.2) is 11.6 Å². The van der Waals surface area contributed by atoms with Gasteiger partial charge in [-0.3, -0.25) is 5.10 Å². The molecule has 0 bridgehead atoms. The molecular formula is C20H30N8O. The summed E-state index contributed by atoms with van der Waals surface area (Å²) in [5.74, 6) is 4.54. The average Bonchev–Trinajstić information content (AvgIpc) is 3.50. The molecule has 0 aromatic carbocycles. The van der Waals surface area contributed by atoms with Crippen LogP contribution in [0.2, 0.25) is 0 Å². The topological polar surface area (TPSA) is 105 Å². The molecule has 2 N–H and O–H groups in total. The van der Waals surface area contributed by atoms with Crippen molar-refractivity contribution < 1.29 is 4.79 Å². The van der Waals surface area contributed by atoms with Crippen molar-refractivity contribution in [2.45, 2.75) is 82.7 Å². The molecule has 9 nitrogen and oxygen atoms in total. The summed E-state index contributed by atoms with van der Waals surface area (Å²) in [7, 11) is 0. The Morgan fingerprint density at radius 2 is 1.90 bits per heavy atom. The third-order valence-corrected chi connectivity index (χ3v) is 6.67. The van der Waals surface area contributed by atoms with Crippen molar-refractivity contribution in [2.24, 2.45) is 0 Å².